The van der Waals surface area contributed by atoms with Gasteiger partial charge in [0, 0.05) is 25.2 Å². The van der Waals surface area contributed by atoms with Gasteiger partial charge in [0.2, 0.25) is 0 Å². The van der Waals surface area contributed by atoms with Gasteiger partial charge in [0.1, 0.15) is 5.82 Å². The maximum atomic E-state index is 13.4. The van der Waals surface area contributed by atoms with E-state index in [2.05, 4.69) is 18.7 Å². The van der Waals surface area contributed by atoms with Crippen molar-refractivity contribution in [3.8, 4) is 0 Å². The molecule has 2 unspecified atom stereocenters. The number of morpholine rings is 1. The molecule has 2 rings (SSSR count). The molecular formula is C15H23FN2O. The van der Waals surface area contributed by atoms with Gasteiger partial charge in [-0.05, 0) is 38.5 Å². The first-order valence-electron chi connectivity index (χ1n) is 6.88. The van der Waals surface area contributed by atoms with Gasteiger partial charge in [0.15, 0.2) is 0 Å². The van der Waals surface area contributed by atoms with E-state index in [0.29, 0.717) is 0 Å². The first kappa shape index (κ1) is 14.4. The Kier molecular flexibility index (Phi) is 4.55. The number of benzene rings is 1. The maximum Gasteiger partial charge on any atom is 0.123 e. The highest BCUT2D eigenvalue weighted by atomic mass is 19.1. The van der Waals surface area contributed by atoms with Gasteiger partial charge in [-0.25, -0.2) is 4.39 Å². The molecule has 0 bridgehead atoms. The monoisotopic (exact) mass is 266 g/mol. The van der Waals surface area contributed by atoms with Gasteiger partial charge in [0.25, 0.3) is 0 Å². The van der Waals surface area contributed by atoms with Crippen LogP contribution >= 0.6 is 0 Å². The number of hydrogen-bond donors (Lipinski definition) is 1. The molecule has 2 N–H and O–H groups in total. The van der Waals surface area contributed by atoms with Crippen LogP contribution in [0.1, 0.15) is 32.4 Å². The summed E-state index contributed by atoms with van der Waals surface area (Å²) in [6.07, 6.45) is 0.358. The number of rotatable bonds is 3. The summed E-state index contributed by atoms with van der Waals surface area (Å²) in [4.78, 5) is 2.30. The number of ether oxygens (including phenoxy) is 1. The summed E-state index contributed by atoms with van der Waals surface area (Å²) in [6, 6.07) is 6.71. The molecule has 1 aliphatic rings. The smallest absolute Gasteiger partial charge is 0.123 e. The van der Waals surface area contributed by atoms with Crippen LogP contribution in [0, 0.1) is 5.82 Å². The van der Waals surface area contributed by atoms with Crippen molar-refractivity contribution < 1.29 is 9.13 Å². The summed E-state index contributed by atoms with van der Waals surface area (Å²) < 4.78 is 19.2. The van der Waals surface area contributed by atoms with Crippen molar-refractivity contribution in [2.75, 3.05) is 13.1 Å². The van der Waals surface area contributed by atoms with Crippen LogP contribution in [0.2, 0.25) is 0 Å². The van der Waals surface area contributed by atoms with Crippen molar-refractivity contribution in [2.45, 2.75) is 45.1 Å². The van der Waals surface area contributed by atoms with Crippen LogP contribution in [0.3, 0.4) is 0 Å². The van der Waals surface area contributed by atoms with Crippen LogP contribution < -0.4 is 5.73 Å². The average Bonchev–Trinajstić information content (AvgIpc) is 2.27. The average molecular weight is 266 g/mol. The normalized spacial score (nSPS) is 28.1. The molecule has 1 saturated heterocycles. The van der Waals surface area contributed by atoms with E-state index in [1.807, 2.05) is 13.0 Å². The Hall–Kier alpha value is -0.970. The summed E-state index contributed by atoms with van der Waals surface area (Å²) >= 11 is 0. The van der Waals surface area contributed by atoms with Gasteiger partial charge in [-0.15, -0.1) is 0 Å². The first-order valence-corrected chi connectivity index (χ1v) is 6.88. The Labute approximate surface area is 114 Å². The summed E-state index contributed by atoms with van der Waals surface area (Å²) in [6.45, 7) is 7.75. The largest absolute Gasteiger partial charge is 0.373 e. The van der Waals surface area contributed by atoms with Crippen LogP contribution in [0.25, 0.3) is 0 Å². The van der Waals surface area contributed by atoms with Crippen molar-refractivity contribution >= 4 is 0 Å². The van der Waals surface area contributed by atoms with E-state index in [0.717, 1.165) is 18.7 Å². The molecule has 0 saturated carbocycles. The lowest BCUT2D eigenvalue weighted by molar-refractivity contribution is -0.0831. The fourth-order valence-corrected chi connectivity index (χ4v) is 2.98. The van der Waals surface area contributed by atoms with E-state index >= 15 is 0 Å². The van der Waals surface area contributed by atoms with Crippen molar-refractivity contribution in [1.29, 1.82) is 0 Å². The Morgan fingerprint density at radius 2 is 1.95 bits per heavy atom. The highest BCUT2D eigenvalue weighted by molar-refractivity contribution is 5.22. The zero-order chi connectivity index (χ0) is 14.0. The quantitative estimate of drug-likeness (QED) is 0.912. The Morgan fingerprint density at radius 3 is 2.47 bits per heavy atom. The molecule has 0 radical (unpaired) electrons. The zero-order valence-corrected chi connectivity index (χ0v) is 11.8. The molecule has 0 amide bonds. The molecular weight excluding hydrogens is 243 g/mol. The van der Waals surface area contributed by atoms with Crippen LogP contribution in [0.4, 0.5) is 4.39 Å². The molecule has 1 aromatic rings. The summed E-state index contributed by atoms with van der Waals surface area (Å²) in [5.74, 6) is -0.211. The van der Waals surface area contributed by atoms with E-state index in [9.17, 15) is 4.39 Å². The topological polar surface area (TPSA) is 38.5 Å². The van der Waals surface area contributed by atoms with Crippen LogP contribution in [-0.2, 0) is 4.74 Å². The highest BCUT2D eigenvalue weighted by Crippen LogP contribution is 2.27. The lowest BCUT2D eigenvalue weighted by atomic mass is 9.97. The number of nitrogens with two attached hydrogens (primary N) is 1. The molecule has 0 aromatic heterocycles. The van der Waals surface area contributed by atoms with Crippen molar-refractivity contribution in [3.63, 3.8) is 0 Å². The molecule has 1 fully saturated rings. The van der Waals surface area contributed by atoms with Gasteiger partial charge >= 0.3 is 0 Å². The lowest BCUT2D eigenvalue weighted by Gasteiger charge is -2.42. The van der Waals surface area contributed by atoms with E-state index in [4.69, 9.17) is 10.5 Å². The van der Waals surface area contributed by atoms with Crippen LogP contribution in [0.5, 0.6) is 0 Å². The van der Waals surface area contributed by atoms with E-state index in [1.54, 1.807) is 12.1 Å². The molecule has 106 valence electrons. The predicted octanol–water partition coefficient (Wildman–Crippen LogP) is 2.32. The second kappa shape index (κ2) is 5.99. The molecule has 0 aliphatic carbocycles. The van der Waals surface area contributed by atoms with Gasteiger partial charge < -0.3 is 10.5 Å². The number of halogens is 1. The van der Waals surface area contributed by atoms with Crippen molar-refractivity contribution in [1.82, 2.24) is 4.90 Å². The molecule has 0 spiro atoms. The van der Waals surface area contributed by atoms with E-state index < -0.39 is 0 Å². The van der Waals surface area contributed by atoms with Crippen LogP contribution in [-0.4, -0.2) is 36.2 Å². The molecule has 1 heterocycles. The fourth-order valence-electron chi connectivity index (χ4n) is 2.98. The summed E-state index contributed by atoms with van der Waals surface area (Å²) in [5, 5.41) is 0. The Balaban J connectivity index is 2.25. The summed E-state index contributed by atoms with van der Waals surface area (Å²) in [7, 11) is 0. The Bertz CT molecular complexity index is 414. The van der Waals surface area contributed by atoms with E-state index in [-0.39, 0.29) is 30.1 Å². The third kappa shape index (κ3) is 3.53. The van der Waals surface area contributed by atoms with Gasteiger partial charge in [-0.3, -0.25) is 4.90 Å². The third-order valence-corrected chi connectivity index (χ3v) is 3.53. The number of nitrogens with zero attached hydrogens (tertiary/aromatic N) is 1. The highest BCUT2D eigenvalue weighted by Gasteiger charge is 2.31. The number of hydrogen-bond acceptors (Lipinski definition) is 3. The summed E-state index contributed by atoms with van der Waals surface area (Å²) in [5.41, 5.74) is 7.08. The molecule has 3 nitrogen and oxygen atoms in total. The second-order valence-electron chi connectivity index (χ2n) is 5.57. The molecule has 4 atom stereocenters. The minimum absolute atomic E-state index is 0.0319. The zero-order valence-electron chi connectivity index (χ0n) is 11.8. The molecule has 1 aliphatic heterocycles. The van der Waals surface area contributed by atoms with Gasteiger partial charge in [-0.2, -0.15) is 0 Å². The van der Waals surface area contributed by atoms with Crippen molar-refractivity contribution in [2.24, 2.45) is 5.73 Å². The first-order chi connectivity index (χ1) is 8.97. The molecule has 1 aromatic carbocycles. The standard InChI is InChI=1S/C15H23FN2O/c1-10-8-18(9-11(2)19-10)15(12(3)17)13-5-4-6-14(16)7-13/h4-7,10-12,15H,8-9,17H2,1-3H3/t10-,11+,12?,15?. The second-order valence-corrected chi connectivity index (χ2v) is 5.57. The van der Waals surface area contributed by atoms with Crippen LogP contribution in [0.15, 0.2) is 24.3 Å². The van der Waals surface area contributed by atoms with Gasteiger partial charge in [-0.1, -0.05) is 12.1 Å². The lowest BCUT2D eigenvalue weighted by Crippen LogP contribution is -2.50. The third-order valence-electron chi connectivity index (χ3n) is 3.53. The minimum Gasteiger partial charge on any atom is -0.373 e. The predicted molar refractivity (Wildman–Crippen MR) is 74.4 cm³/mol. The fraction of sp³-hybridized carbons (Fsp3) is 0.600. The van der Waals surface area contributed by atoms with Crippen molar-refractivity contribution in [3.05, 3.63) is 35.6 Å². The maximum absolute atomic E-state index is 13.4. The molecule has 4 heteroatoms. The minimum atomic E-state index is -0.211. The Morgan fingerprint density at radius 1 is 1.32 bits per heavy atom. The SMILES string of the molecule is CC(N)C(c1cccc(F)c1)N1C[C@@H](C)O[C@@H](C)C1. The van der Waals surface area contributed by atoms with Gasteiger partial charge in [0.05, 0.1) is 12.2 Å². The van der Waals surface area contributed by atoms with E-state index in [1.165, 1.54) is 6.07 Å². The molecule has 19 heavy (non-hydrogen) atoms.